The lowest BCUT2D eigenvalue weighted by atomic mass is 9.96. The van der Waals surface area contributed by atoms with Crippen molar-refractivity contribution in [2.45, 2.75) is 45.1 Å². The van der Waals surface area contributed by atoms with Gasteiger partial charge >= 0.3 is 6.03 Å². The third kappa shape index (κ3) is 4.66. The minimum absolute atomic E-state index is 0.0563. The molecule has 0 spiro atoms. The summed E-state index contributed by atoms with van der Waals surface area (Å²) in [7, 11) is 0. The van der Waals surface area contributed by atoms with E-state index >= 15 is 0 Å². The van der Waals surface area contributed by atoms with Crippen molar-refractivity contribution < 1.29 is 14.8 Å². The molecule has 7 nitrogen and oxygen atoms in total. The summed E-state index contributed by atoms with van der Waals surface area (Å²) in [5, 5.41) is 25.9. The number of anilines is 1. The molecule has 1 saturated carbocycles. The van der Waals surface area contributed by atoms with Crippen molar-refractivity contribution in [3.8, 4) is 0 Å². The summed E-state index contributed by atoms with van der Waals surface area (Å²) in [5.74, 6) is 0.0643. The fourth-order valence-corrected chi connectivity index (χ4v) is 2.98. The second-order valence-electron chi connectivity index (χ2n) is 6.04. The highest BCUT2D eigenvalue weighted by Crippen LogP contribution is 2.24. The molecular formula is C16H23N3O4. The van der Waals surface area contributed by atoms with Crippen LogP contribution in [-0.4, -0.2) is 28.7 Å². The van der Waals surface area contributed by atoms with Crippen molar-refractivity contribution >= 4 is 17.4 Å². The van der Waals surface area contributed by atoms with E-state index < -0.39 is 4.92 Å². The number of nitro benzene ring substituents is 1. The number of benzene rings is 1. The van der Waals surface area contributed by atoms with Crippen LogP contribution >= 0.6 is 0 Å². The van der Waals surface area contributed by atoms with Gasteiger partial charge in [0.15, 0.2) is 0 Å². The first kappa shape index (κ1) is 17.2. The van der Waals surface area contributed by atoms with E-state index in [1.165, 1.54) is 12.1 Å². The maximum Gasteiger partial charge on any atom is 0.319 e. The minimum atomic E-state index is -0.490. The van der Waals surface area contributed by atoms with Crippen LogP contribution in [0.4, 0.5) is 16.2 Å². The molecule has 0 aromatic heterocycles. The molecule has 23 heavy (non-hydrogen) atoms. The lowest BCUT2D eigenvalue weighted by Crippen LogP contribution is -2.43. The van der Waals surface area contributed by atoms with E-state index in [-0.39, 0.29) is 30.3 Å². The average Bonchev–Trinajstić information content (AvgIpc) is 2.74. The highest BCUT2D eigenvalue weighted by molar-refractivity contribution is 5.90. The van der Waals surface area contributed by atoms with E-state index in [9.17, 15) is 20.0 Å². The Balaban J connectivity index is 2.03. The van der Waals surface area contributed by atoms with Gasteiger partial charge in [-0.2, -0.15) is 0 Å². The van der Waals surface area contributed by atoms with Crippen LogP contribution in [0.2, 0.25) is 0 Å². The Morgan fingerprint density at radius 3 is 2.78 bits per heavy atom. The molecule has 7 heteroatoms. The smallest absolute Gasteiger partial charge is 0.319 e. The first-order chi connectivity index (χ1) is 11.0. The van der Waals surface area contributed by atoms with Crippen LogP contribution in [-0.2, 0) is 0 Å². The molecule has 126 valence electrons. The number of rotatable bonds is 4. The molecule has 0 bridgehead atoms. The van der Waals surface area contributed by atoms with Gasteiger partial charge < -0.3 is 15.7 Å². The highest BCUT2D eigenvalue weighted by Gasteiger charge is 2.24. The van der Waals surface area contributed by atoms with Crippen molar-refractivity contribution in [1.29, 1.82) is 0 Å². The maximum atomic E-state index is 12.2. The standard InChI is InChI=1S/C16H23N3O4/c1-11-7-8-13(19(22)23)9-15(11)18-16(21)17-14-6-4-2-3-5-12(14)10-20/h7-9,12,14,20H,2-6,10H2,1H3,(H2,17,18,21). The summed E-state index contributed by atoms with van der Waals surface area (Å²) in [4.78, 5) is 22.6. The summed E-state index contributed by atoms with van der Waals surface area (Å²) < 4.78 is 0. The van der Waals surface area contributed by atoms with Crippen LogP contribution in [0.25, 0.3) is 0 Å². The number of nitro groups is 1. The highest BCUT2D eigenvalue weighted by atomic mass is 16.6. The van der Waals surface area contributed by atoms with Crippen molar-refractivity contribution in [1.82, 2.24) is 5.32 Å². The van der Waals surface area contributed by atoms with Crippen molar-refractivity contribution in [2.24, 2.45) is 5.92 Å². The largest absolute Gasteiger partial charge is 0.396 e. The van der Waals surface area contributed by atoms with Crippen molar-refractivity contribution in [2.75, 3.05) is 11.9 Å². The maximum absolute atomic E-state index is 12.2. The van der Waals surface area contributed by atoms with E-state index in [2.05, 4.69) is 10.6 Å². The number of nitrogens with zero attached hydrogens (tertiary/aromatic N) is 1. The molecule has 2 unspecified atom stereocenters. The number of carbonyl (C=O) groups excluding carboxylic acids is 1. The third-order valence-electron chi connectivity index (χ3n) is 4.39. The lowest BCUT2D eigenvalue weighted by molar-refractivity contribution is -0.384. The molecular weight excluding hydrogens is 298 g/mol. The van der Waals surface area contributed by atoms with E-state index in [4.69, 9.17) is 0 Å². The summed E-state index contributed by atoms with van der Waals surface area (Å²) in [5.41, 5.74) is 1.12. The number of aliphatic hydroxyl groups excluding tert-OH is 1. The zero-order chi connectivity index (χ0) is 16.8. The van der Waals surface area contributed by atoms with Crippen LogP contribution in [0.3, 0.4) is 0 Å². The van der Waals surface area contributed by atoms with Gasteiger partial charge in [0.25, 0.3) is 5.69 Å². The van der Waals surface area contributed by atoms with Gasteiger partial charge in [-0.3, -0.25) is 10.1 Å². The fraction of sp³-hybridized carbons (Fsp3) is 0.562. The molecule has 2 atom stereocenters. The molecule has 0 saturated heterocycles. The Morgan fingerprint density at radius 2 is 2.09 bits per heavy atom. The number of hydrogen-bond donors (Lipinski definition) is 3. The number of urea groups is 1. The Hall–Kier alpha value is -2.15. The summed E-state index contributed by atoms with van der Waals surface area (Å²) in [6.45, 7) is 1.84. The van der Waals surface area contributed by atoms with E-state index in [1.807, 2.05) is 0 Å². The summed E-state index contributed by atoms with van der Waals surface area (Å²) in [6, 6.07) is 3.91. The van der Waals surface area contributed by atoms with Gasteiger partial charge in [0, 0.05) is 30.7 Å². The minimum Gasteiger partial charge on any atom is -0.396 e. The molecule has 1 aromatic rings. The molecule has 1 fully saturated rings. The quantitative estimate of drug-likeness (QED) is 0.450. The summed E-state index contributed by atoms with van der Waals surface area (Å²) in [6.07, 6.45) is 4.94. The predicted molar refractivity (Wildman–Crippen MR) is 87.4 cm³/mol. The third-order valence-corrected chi connectivity index (χ3v) is 4.39. The zero-order valence-electron chi connectivity index (χ0n) is 13.2. The molecule has 1 aromatic carbocycles. The number of carbonyl (C=O) groups is 1. The lowest BCUT2D eigenvalue weighted by Gasteiger charge is -2.24. The number of hydrogen-bond acceptors (Lipinski definition) is 4. The van der Waals surface area contributed by atoms with Gasteiger partial charge in [-0.25, -0.2) is 4.79 Å². The number of non-ortho nitro benzene ring substituents is 1. The number of aryl methyl sites for hydroxylation is 1. The van der Waals surface area contributed by atoms with Crippen molar-refractivity contribution in [3.63, 3.8) is 0 Å². The summed E-state index contributed by atoms with van der Waals surface area (Å²) >= 11 is 0. The number of aliphatic hydroxyl groups is 1. The monoisotopic (exact) mass is 321 g/mol. The second-order valence-corrected chi connectivity index (χ2v) is 6.04. The molecule has 1 aliphatic rings. The van der Waals surface area contributed by atoms with Crippen LogP contribution in [0.1, 0.15) is 37.7 Å². The molecule has 2 amide bonds. The predicted octanol–water partition coefficient (Wildman–Crippen LogP) is 2.97. The first-order valence-electron chi connectivity index (χ1n) is 7.94. The van der Waals surface area contributed by atoms with Gasteiger partial charge in [0.05, 0.1) is 10.6 Å². The molecule has 0 radical (unpaired) electrons. The van der Waals surface area contributed by atoms with Gasteiger partial charge in [0.1, 0.15) is 0 Å². The molecule has 0 aliphatic heterocycles. The van der Waals surface area contributed by atoms with Crippen LogP contribution < -0.4 is 10.6 Å². The molecule has 3 N–H and O–H groups in total. The van der Waals surface area contributed by atoms with Gasteiger partial charge in [0.2, 0.25) is 0 Å². The van der Waals surface area contributed by atoms with Crippen LogP contribution in [0.15, 0.2) is 18.2 Å². The molecule has 2 rings (SSSR count). The van der Waals surface area contributed by atoms with E-state index in [0.29, 0.717) is 5.69 Å². The Kier molecular flexibility index (Phi) is 5.92. The van der Waals surface area contributed by atoms with E-state index in [0.717, 1.165) is 37.7 Å². The number of nitrogens with one attached hydrogen (secondary N) is 2. The first-order valence-corrected chi connectivity index (χ1v) is 7.94. The fourth-order valence-electron chi connectivity index (χ4n) is 2.98. The Bertz CT molecular complexity index is 576. The van der Waals surface area contributed by atoms with Gasteiger partial charge in [-0.15, -0.1) is 0 Å². The normalized spacial score (nSPS) is 21.3. The Labute approximate surface area is 135 Å². The van der Waals surface area contributed by atoms with Crippen molar-refractivity contribution in [3.05, 3.63) is 33.9 Å². The number of amides is 2. The topological polar surface area (TPSA) is 105 Å². The average molecular weight is 321 g/mol. The van der Waals surface area contributed by atoms with E-state index in [1.54, 1.807) is 13.0 Å². The molecule has 1 aliphatic carbocycles. The van der Waals surface area contributed by atoms with Gasteiger partial charge in [-0.05, 0) is 25.3 Å². The second kappa shape index (κ2) is 7.92. The van der Waals surface area contributed by atoms with Crippen LogP contribution in [0.5, 0.6) is 0 Å². The SMILES string of the molecule is Cc1ccc([N+](=O)[O-])cc1NC(=O)NC1CCCCCC1CO. The van der Waals surface area contributed by atoms with Crippen LogP contribution in [0, 0.1) is 23.0 Å². The van der Waals surface area contributed by atoms with Gasteiger partial charge in [-0.1, -0.05) is 25.3 Å². The zero-order valence-corrected chi connectivity index (χ0v) is 13.2. The molecule has 0 heterocycles. The Morgan fingerprint density at radius 1 is 1.35 bits per heavy atom.